The van der Waals surface area contributed by atoms with Crippen molar-refractivity contribution in [1.29, 1.82) is 0 Å². The molecule has 19 heavy (non-hydrogen) atoms. The summed E-state index contributed by atoms with van der Waals surface area (Å²) in [5.41, 5.74) is 2.94. The molecular formula is C14H22N4O. The second-order valence-electron chi connectivity index (χ2n) is 5.05. The van der Waals surface area contributed by atoms with E-state index in [1.54, 1.807) is 18.2 Å². The maximum atomic E-state index is 12.4. The Morgan fingerprint density at radius 2 is 2.32 bits per heavy atom. The molecule has 0 aromatic carbocycles. The number of pyridine rings is 1. The van der Waals surface area contributed by atoms with Crippen molar-refractivity contribution in [3.63, 3.8) is 0 Å². The van der Waals surface area contributed by atoms with Crippen LogP contribution in [0.4, 0.5) is 5.82 Å². The fourth-order valence-electron chi connectivity index (χ4n) is 2.57. The third kappa shape index (κ3) is 3.44. The SMILES string of the molecule is CCC1CCCN(C(=O)c2cccc(NN)n2)CC1. The molecule has 1 amide bonds. The second-order valence-corrected chi connectivity index (χ2v) is 5.05. The summed E-state index contributed by atoms with van der Waals surface area (Å²) in [6, 6.07) is 5.28. The normalized spacial score (nSPS) is 19.9. The molecule has 1 atom stereocenters. The molecule has 1 saturated heterocycles. The van der Waals surface area contributed by atoms with Gasteiger partial charge in [0, 0.05) is 13.1 Å². The third-order valence-electron chi connectivity index (χ3n) is 3.83. The van der Waals surface area contributed by atoms with Gasteiger partial charge in [0.05, 0.1) is 0 Å². The van der Waals surface area contributed by atoms with Crippen LogP contribution in [0.5, 0.6) is 0 Å². The molecule has 2 rings (SSSR count). The smallest absolute Gasteiger partial charge is 0.272 e. The van der Waals surface area contributed by atoms with Gasteiger partial charge < -0.3 is 10.3 Å². The third-order valence-corrected chi connectivity index (χ3v) is 3.83. The van der Waals surface area contributed by atoms with Crippen molar-refractivity contribution in [3.8, 4) is 0 Å². The molecule has 1 aliphatic heterocycles. The van der Waals surface area contributed by atoms with E-state index in [1.165, 1.54) is 12.8 Å². The lowest BCUT2D eigenvalue weighted by molar-refractivity contribution is 0.0754. The first kappa shape index (κ1) is 13.8. The number of carbonyl (C=O) groups excluding carboxylic acids is 1. The van der Waals surface area contributed by atoms with Crippen LogP contribution >= 0.6 is 0 Å². The predicted molar refractivity (Wildman–Crippen MR) is 75.6 cm³/mol. The van der Waals surface area contributed by atoms with Gasteiger partial charge in [-0.05, 0) is 37.3 Å². The number of anilines is 1. The molecule has 0 bridgehead atoms. The highest BCUT2D eigenvalue weighted by atomic mass is 16.2. The lowest BCUT2D eigenvalue weighted by Crippen LogP contribution is -2.32. The molecule has 0 radical (unpaired) electrons. The summed E-state index contributed by atoms with van der Waals surface area (Å²) >= 11 is 0. The van der Waals surface area contributed by atoms with Gasteiger partial charge in [0.1, 0.15) is 11.5 Å². The van der Waals surface area contributed by atoms with E-state index < -0.39 is 0 Å². The van der Waals surface area contributed by atoms with Gasteiger partial charge in [-0.25, -0.2) is 10.8 Å². The lowest BCUT2D eigenvalue weighted by Gasteiger charge is -2.20. The van der Waals surface area contributed by atoms with Crippen LogP contribution < -0.4 is 11.3 Å². The number of nitrogens with two attached hydrogens (primary N) is 1. The Balaban J connectivity index is 2.06. The number of amides is 1. The summed E-state index contributed by atoms with van der Waals surface area (Å²) in [6.45, 7) is 3.89. The Kier molecular flexibility index (Phi) is 4.74. The fraction of sp³-hybridized carbons (Fsp3) is 0.571. The molecule has 5 heteroatoms. The highest BCUT2D eigenvalue weighted by Crippen LogP contribution is 2.21. The molecular weight excluding hydrogens is 240 g/mol. The van der Waals surface area contributed by atoms with E-state index in [2.05, 4.69) is 17.3 Å². The standard InChI is InChI=1S/C14H22N4O/c1-2-11-5-4-9-18(10-8-11)14(19)12-6-3-7-13(16-12)17-15/h3,6-7,11H,2,4-5,8-10,15H2,1H3,(H,16,17). The van der Waals surface area contributed by atoms with Crippen molar-refractivity contribution in [3.05, 3.63) is 23.9 Å². The molecule has 1 aromatic heterocycles. The van der Waals surface area contributed by atoms with Crippen LogP contribution in [-0.2, 0) is 0 Å². The van der Waals surface area contributed by atoms with Gasteiger partial charge in [-0.2, -0.15) is 0 Å². The van der Waals surface area contributed by atoms with E-state index in [9.17, 15) is 4.79 Å². The van der Waals surface area contributed by atoms with Crippen molar-refractivity contribution in [2.24, 2.45) is 11.8 Å². The number of nitrogens with one attached hydrogen (secondary N) is 1. The number of hydrogen-bond acceptors (Lipinski definition) is 4. The monoisotopic (exact) mass is 262 g/mol. The van der Waals surface area contributed by atoms with Crippen LogP contribution in [-0.4, -0.2) is 28.9 Å². The summed E-state index contributed by atoms with van der Waals surface area (Å²) in [5.74, 6) is 6.60. The average molecular weight is 262 g/mol. The van der Waals surface area contributed by atoms with E-state index >= 15 is 0 Å². The number of nitrogens with zero attached hydrogens (tertiary/aromatic N) is 2. The summed E-state index contributed by atoms with van der Waals surface area (Å²) in [7, 11) is 0. The number of likely N-dealkylation sites (tertiary alicyclic amines) is 1. The van der Waals surface area contributed by atoms with E-state index in [0.29, 0.717) is 11.5 Å². The van der Waals surface area contributed by atoms with Crippen molar-refractivity contribution >= 4 is 11.7 Å². The fourth-order valence-corrected chi connectivity index (χ4v) is 2.57. The van der Waals surface area contributed by atoms with E-state index in [-0.39, 0.29) is 5.91 Å². The Hall–Kier alpha value is -1.62. The summed E-state index contributed by atoms with van der Waals surface area (Å²) < 4.78 is 0. The minimum atomic E-state index is 0.00820. The molecule has 0 spiro atoms. The zero-order chi connectivity index (χ0) is 13.7. The maximum absolute atomic E-state index is 12.4. The summed E-state index contributed by atoms with van der Waals surface area (Å²) in [5, 5.41) is 0. The molecule has 1 aromatic rings. The topological polar surface area (TPSA) is 71.2 Å². The number of rotatable bonds is 3. The highest BCUT2D eigenvalue weighted by molar-refractivity contribution is 5.92. The van der Waals surface area contributed by atoms with Crippen molar-refractivity contribution < 1.29 is 4.79 Å². The van der Waals surface area contributed by atoms with Gasteiger partial charge in [0.25, 0.3) is 5.91 Å². The van der Waals surface area contributed by atoms with Crippen molar-refractivity contribution in [2.45, 2.75) is 32.6 Å². The first-order chi connectivity index (χ1) is 9.24. The van der Waals surface area contributed by atoms with Gasteiger partial charge >= 0.3 is 0 Å². The minimum Gasteiger partial charge on any atom is -0.337 e. The van der Waals surface area contributed by atoms with Crippen molar-refractivity contribution in [2.75, 3.05) is 18.5 Å². The van der Waals surface area contributed by atoms with Crippen LogP contribution in [0.15, 0.2) is 18.2 Å². The van der Waals surface area contributed by atoms with Gasteiger partial charge in [0.15, 0.2) is 0 Å². The Labute approximate surface area is 114 Å². The van der Waals surface area contributed by atoms with E-state index in [1.807, 2.05) is 4.90 Å². The Bertz CT molecular complexity index is 435. The zero-order valence-electron chi connectivity index (χ0n) is 11.4. The molecule has 1 unspecified atom stereocenters. The van der Waals surface area contributed by atoms with Gasteiger partial charge in [-0.15, -0.1) is 0 Å². The molecule has 1 fully saturated rings. The molecule has 2 heterocycles. The molecule has 104 valence electrons. The second kappa shape index (κ2) is 6.52. The van der Waals surface area contributed by atoms with Gasteiger partial charge in [-0.1, -0.05) is 19.4 Å². The molecule has 3 N–H and O–H groups in total. The molecule has 0 saturated carbocycles. The number of aromatic nitrogens is 1. The lowest BCUT2D eigenvalue weighted by atomic mass is 9.98. The number of hydrazine groups is 1. The minimum absolute atomic E-state index is 0.00820. The van der Waals surface area contributed by atoms with Crippen LogP contribution in [0.3, 0.4) is 0 Å². The number of hydrogen-bond donors (Lipinski definition) is 2. The van der Waals surface area contributed by atoms with Crippen LogP contribution in [0.2, 0.25) is 0 Å². The first-order valence-corrected chi connectivity index (χ1v) is 6.97. The van der Waals surface area contributed by atoms with Crippen molar-refractivity contribution in [1.82, 2.24) is 9.88 Å². The maximum Gasteiger partial charge on any atom is 0.272 e. The van der Waals surface area contributed by atoms with Crippen LogP contribution in [0.1, 0.15) is 43.1 Å². The van der Waals surface area contributed by atoms with E-state index in [4.69, 9.17) is 5.84 Å². The summed E-state index contributed by atoms with van der Waals surface area (Å²) in [6.07, 6.45) is 4.60. The molecule has 5 nitrogen and oxygen atoms in total. The predicted octanol–water partition coefficient (Wildman–Crippen LogP) is 2.02. The number of carbonyl (C=O) groups is 1. The van der Waals surface area contributed by atoms with Gasteiger partial charge in [-0.3, -0.25) is 4.79 Å². The molecule has 1 aliphatic rings. The summed E-state index contributed by atoms with van der Waals surface area (Å²) in [4.78, 5) is 18.5. The number of nitrogen functional groups attached to an aromatic ring is 1. The van der Waals surface area contributed by atoms with Crippen LogP contribution in [0, 0.1) is 5.92 Å². The van der Waals surface area contributed by atoms with Crippen LogP contribution in [0.25, 0.3) is 0 Å². The van der Waals surface area contributed by atoms with Gasteiger partial charge in [0.2, 0.25) is 0 Å². The Morgan fingerprint density at radius 3 is 3.05 bits per heavy atom. The average Bonchev–Trinajstić information content (AvgIpc) is 2.72. The first-order valence-electron chi connectivity index (χ1n) is 6.97. The van der Waals surface area contributed by atoms with E-state index in [0.717, 1.165) is 31.8 Å². The Morgan fingerprint density at radius 1 is 1.47 bits per heavy atom. The zero-order valence-corrected chi connectivity index (χ0v) is 11.4. The largest absolute Gasteiger partial charge is 0.337 e. The molecule has 0 aliphatic carbocycles. The quantitative estimate of drug-likeness (QED) is 0.646. The highest BCUT2D eigenvalue weighted by Gasteiger charge is 2.21.